The Morgan fingerprint density at radius 1 is 1.03 bits per heavy atom. The number of carboxylic acids is 1. The third kappa shape index (κ3) is 7.14. The van der Waals surface area contributed by atoms with Gasteiger partial charge >= 0.3 is 5.97 Å². The number of aliphatic carboxylic acids is 1. The first-order valence-electron chi connectivity index (χ1n) is 11.5. The molecule has 0 aromatic heterocycles. The lowest BCUT2D eigenvalue weighted by Gasteiger charge is -2.39. The molecule has 0 radical (unpaired) electrons. The van der Waals surface area contributed by atoms with Gasteiger partial charge < -0.3 is 25.7 Å². The van der Waals surface area contributed by atoms with Crippen LogP contribution in [0.4, 0.5) is 0 Å². The number of hydrogen-bond donors (Lipinski definition) is 4. The Morgan fingerprint density at radius 3 is 1.97 bits per heavy atom. The molecule has 1 rings (SSSR count). The molecule has 0 unspecified atom stereocenters. The second-order valence-corrected chi connectivity index (χ2v) is 10.2. The van der Waals surface area contributed by atoms with E-state index in [1.807, 2.05) is 58.0 Å². The van der Waals surface area contributed by atoms with Crippen LogP contribution in [0.3, 0.4) is 0 Å². The Bertz CT molecular complexity index is 887. The number of aliphatic hydroxyl groups is 1. The van der Waals surface area contributed by atoms with E-state index in [0.717, 1.165) is 5.56 Å². The van der Waals surface area contributed by atoms with E-state index in [-0.39, 0.29) is 11.5 Å². The minimum atomic E-state index is -1.57. The Morgan fingerprint density at radius 2 is 1.56 bits per heavy atom. The minimum absolute atomic E-state index is 0.0940. The summed E-state index contributed by atoms with van der Waals surface area (Å²) in [6.45, 7) is 12.0. The molecule has 0 aliphatic carbocycles. The van der Waals surface area contributed by atoms with Crippen molar-refractivity contribution in [2.75, 3.05) is 14.1 Å². The molecule has 0 spiro atoms. The highest BCUT2D eigenvalue weighted by Gasteiger charge is 2.42. The van der Waals surface area contributed by atoms with Gasteiger partial charge in [-0.25, -0.2) is 4.79 Å². The summed E-state index contributed by atoms with van der Waals surface area (Å²) in [4.78, 5) is 39.6. The average Bonchev–Trinajstić information content (AvgIpc) is 2.74. The number of amides is 2. The lowest BCUT2D eigenvalue weighted by Crippen LogP contribution is -2.64. The molecule has 2 amide bonds. The quantitative estimate of drug-likeness (QED) is 0.365. The fraction of sp³-hybridized carbons (Fsp3) is 0.577. The monoisotopic (exact) mass is 475 g/mol. The van der Waals surface area contributed by atoms with E-state index < -0.39 is 46.9 Å². The molecule has 34 heavy (non-hydrogen) atoms. The Kier molecular flexibility index (Phi) is 10.0. The van der Waals surface area contributed by atoms with Crippen LogP contribution in [-0.2, 0) is 19.8 Å². The largest absolute Gasteiger partial charge is 0.478 e. The SMILES string of the molecule is CN[C@H](C(=O)N[C@H](C(=O)N(C)[C@H](/C=C(\C)C(=O)O)C(C)C)C(C)(C)O)C(C)(C)c1ccccc1. The van der Waals surface area contributed by atoms with Gasteiger partial charge in [0, 0.05) is 18.0 Å². The number of likely N-dealkylation sites (N-methyl/N-ethyl adjacent to an activating group) is 2. The summed E-state index contributed by atoms with van der Waals surface area (Å²) in [5, 5.41) is 25.9. The van der Waals surface area contributed by atoms with Gasteiger partial charge in [-0.3, -0.25) is 9.59 Å². The maximum absolute atomic E-state index is 13.5. The molecule has 1 aromatic carbocycles. The van der Waals surface area contributed by atoms with Crippen molar-refractivity contribution in [2.45, 2.75) is 77.6 Å². The van der Waals surface area contributed by atoms with Gasteiger partial charge in [0.05, 0.1) is 17.7 Å². The van der Waals surface area contributed by atoms with Crippen molar-refractivity contribution in [1.29, 1.82) is 0 Å². The summed E-state index contributed by atoms with van der Waals surface area (Å²) >= 11 is 0. The summed E-state index contributed by atoms with van der Waals surface area (Å²) in [7, 11) is 3.23. The van der Waals surface area contributed by atoms with E-state index in [9.17, 15) is 24.6 Å². The maximum Gasteiger partial charge on any atom is 0.331 e. The van der Waals surface area contributed by atoms with Gasteiger partial charge in [-0.15, -0.1) is 0 Å². The predicted molar refractivity (Wildman–Crippen MR) is 133 cm³/mol. The third-order valence-corrected chi connectivity index (χ3v) is 6.27. The van der Waals surface area contributed by atoms with E-state index in [2.05, 4.69) is 10.6 Å². The van der Waals surface area contributed by atoms with Gasteiger partial charge in [-0.05, 0) is 39.3 Å². The smallest absolute Gasteiger partial charge is 0.331 e. The van der Waals surface area contributed by atoms with Crippen molar-refractivity contribution in [3.05, 3.63) is 47.5 Å². The van der Waals surface area contributed by atoms with Crippen LogP contribution in [0.1, 0.15) is 54.0 Å². The maximum atomic E-state index is 13.5. The molecule has 0 saturated heterocycles. The Hall–Kier alpha value is -2.71. The summed E-state index contributed by atoms with van der Waals surface area (Å²) in [5.41, 5.74) is -1.12. The zero-order valence-electron chi connectivity index (χ0n) is 21.8. The Balaban J connectivity index is 3.29. The van der Waals surface area contributed by atoms with Crippen LogP contribution in [0.25, 0.3) is 0 Å². The molecular formula is C26H41N3O5. The highest BCUT2D eigenvalue weighted by molar-refractivity contribution is 5.92. The normalized spacial score (nSPS) is 15.4. The van der Waals surface area contributed by atoms with Crippen molar-refractivity contribution in [2.24, 2.45) is 5.92 Å². The van der Waals surface area contributed by atoms with Crippen molar-refractivity contribution >= 4 is 17.8 Å². The van der Waals surface area contributed by atoms with Gasteiger partial charge in [-0.2, -0.15) is 0 Å². The van der Waals surface area contributed by atoms with Crippen molar-refractivity contribution in [3.63, 3.8) is 0 Å². The van der Waals surface area contributed by atoms with Gasteiger partial charge in [0.15, 0.2) is 0 Å². The number of nitrogens with zero attached hydrogens (tertiary/aromatic N) is 1. The zero-order chi connectivity index (χ0) is 26.4. The molecule has 8 nitrogen and oxygen atoms in total. The minimum Gasteiger partial charge on any atom is -0.478 e. The number of hydrogen-bond acceptors (Lipinski definition) is 5. The van der Waals surface area contributed by atoms with E-state index in [0.29, 0.717) is 0 Å². The van der Waals surface area contributed by atoms with E-state index in [1.165, 1.54) is 31.7 Å². The lowest BCUT2D eigenvalue weighted by atomic mass is 9.77. The molecule has 0 bridgehead atoms. The number of nitrogens with one attached hydrogen (secondary N) is 2. The predicted octanol–water partition coefficient (Wildman–Crippen LogP) is 2.32. The highest BCUT2D eigenvalue weighted by atomic mass is 16.4. The van der Waals surface area contributed by atoms with Crippen molar-refractivity contribution in [1.82, 2.24) is 15.5 Å². The molecule has 1 aromatic rings. The topological polar surface area (TPSA) is 119 Å². The second-order valence-electron chi connectivity index (χ2n) is 10.2. The van der Waals surface area contributed by atoms with Crippen LogP contribution in [0.2, 0.25) is 0 Å². The third-order valence-electron chi connectivity index (χ3n) is 6.27. The van der Waals surface area contributed by atoms with Crippen LogP contribution >= 0.6 is 0 Å². The number of carboxylic acid groups (broad SMARTS) is 1. The standard InChI is InChI=1S/C26H41N3O5/c1-16(2)19(15-17(3)24(32)33)29(9)23(31)21(26(6,7)34)28-22(30)20(27-8)25(4,5)18-13-11-10-12-14-18/h10-16,19-21,27,34H,1-9H3,(H,28,30)(H,32,33)/b17-15+/t19-,20-,21-/m1/s1. The van der Waals surface area contributed by atoms with Crippen molar-refractivity contribution < 1.29 is 24.6 Å². The van der Waals surface area contributed by atoms with Crippen LogP contribution in [0.5, 0.6) is 0 Å². The molecule has 3 atom stereocenters. The molecule has 0 aliphatic heterocycles. The van der Waals surface area contributed by atoms with E-state index in [1.54, 1.807) is 14.1 Å². The van der Waals surface area contributed by atoms with Gasteiger partial charge in [0.2, 0.25) is 11.8 Å². The number of carbonyl (C=O) groups is 3. The molecule has 0 heterocycles. The first-order chi connectivity index (χ1) is 15.5. The van der Waals surface area contributed by atoms with Crippen LogP contribution < -0.4 is 10.6 Å². The second kappa shape index (κ2) is 11.6. The number of benzene rings is 1. The molecule has 4 N–H and O–H groups in total. The van der Waals surface area contributed by atoms with Gasteiger partial charge in [0.1, 0.15) is 6.04 Å². The fourth-order valence-electron chi connectivity index (χ4n) is 4.05. The molecule has 0 fully saturated rings. The first-order valence-corrected chi connectivity index (χ1v) is 11.5. The molecule has 190 valence electrons. The van der Waals surface area contributed by atoms with Gasteiger partial charge in [0.25, 0.3) is 0 Å². The first kappa shape index (κ1) is 29.3. The molecule has 8 heteroatoms. The summed E-state index contributed by atoms with van der Waals surface area (Å²) in [6.07, 6.45) is 1.52. The highest BCUT2D eigenvalue weighted by Crippen LogP contribution is 2.28. The summed E-state index contributed by atoms with van der Waals surface area (Å²) in [5.74, 6) is -2.10. The Labute approximate surface area is 203 Å². The van der Waals surface area contributed by atoms with Crippen LogP contribution in [0.15, 0.2) is 42.0 Å². The number of carbonyl (C=O) groups excluding carboxylic acids is 2. The van der Waals surface area contributed by atoms with Crippen LogP contribution in [-0.4, -0.2) is 70.7 Å². The summed E-state index contributed by atoms with van der Waals surface area (Å²) < 4.78 is 0. The fourth-order valence-corrected chi connectivity index (χ4v) is 4.05. The number of rotatable bonds is 11. The van der Waals surface area contributed by atoms with Gasteiger partial charge in [-0.1, -0.05) is 64.1 Å². The lowest BCUT2D eigenvalue weighted by molar-refractivity contribution is -0.144. The summed E-state index contributed by atoms with van der Waals surface area (Å²) in [6, 6.07) is 7.12. The zero-order valence-corrected chi connectivity index (χ0v) is 21.8. The van der Waals surface area contributed by atoms with E-state index in [4.69, 9.17) is 0 Å². The van der Waals surface area contributed by atoms with Crippen LogP contribution in [0, 0.1) is 5.92 Å². The van der Waals surface area contributed by atoms with E-state index >= 15 is 0 Å². The van der Waals surface area contributed by atoms with Crippen molar-refractivity contribution in [3.8, 4) is 0 Å². The molecule has 0 aliphatic rings. The molecule has 0 saturated carbocycles. The average molecular weight is 476 g/mol. The molecular weight excluding hydrogens is 434 g/mol.